The summed E-state index contributed by atoms with van der Waals surface area (Å²) in [6.07, 6.45) is 4.22. The fourth-order valence-electron chi connectivity index (χ4n) is 2.88. The number of benzene rings is 2. The van der Waals surface area contributed by atoms with Crippen molar-refractivity contribution in [1.82, 2.24) is 0 Å². The third-order valence-electron chi connectivity index (χ3n) is 4.13. The zero-order chi connectivity index (χ0) is 17.6. The number of rotatable bonds is 6. The van der Waals surface area contributed by atoms with Crippen LogP contribution >= 0.6 is 0 Å². The highest BCUT2D eigenvalue weighted by Gasteiger charge is 2.09. The van der Waals surface area contributed by atoms with Crippen LogP contribution in [0.3, 0.4) is 0 Å². The molecule has 0 amide bonds. The minimum absolute atomic E-state index is 0.618. The first-order valence-corrected chi connectivity index (χ1v) is 8.68. The van der Waals surface area contributed by atoms with Crippen LogP contribution in [-0.4, -0.2) is 13.2 Å². The molecule has 128 valence electrons. The third-order valence-corrected chi connectivity index (χ3v) is 4.13. The smallest absolute Gasteiger partial charge is 0.212 e. The van der Waals surface area contributed by atoms with Crippen molar-refractivity contribution in [2.45, 2.75) is 13.8 Å². The molecule has 3 nitrogen and oxygen atoms in total. The lowest BCUT2D eigenvalue weighted by Gasteiger charge is -2.11. The molecule has 0 fully saturated rings. The Bertz CT molecular complexity index is 900. The number of nitrogens with zero attached hydrogens (tertiary/aromatic N) is 1. The molecule has 0 aliphatic heterocycles. The van der Waals surface area contributed by atoms with Gasteiger partial charge in [0, 0.05) is 23.6 Å². The van der Waals surface area contributed by atoms with E-state index in [-0.39, 0.29) is 0 Å². The van der Waals surface area contributed by atoms with Gasteiger partial charge in [0.05, 0.1) is 13.2 Å². The summed E-state index contributed by atoms with van der Waals surface area (Å²) in [7, 11) is 2.09. The van der Waals surface area contributed by atoms with Gasteiger partial charge in [-0.2, -0.15) is 4.57 Å². The molecule has 25 heavy (non-hydrogen) atoms. The van der Waals surface area contributed by atoms with E-state index >= 15 is 0 Å². The van der Waals surface area contributed by atoms with E-state index in [1.54, 1.807) is 0 Å². The molecule has 1 aromatic heterocycles. The van der Waals surface area contributed by atoms with Gasteiger partial charge in [-0.15, -0.1) is 0 Å². The Kier molecular flexibility index (Phi) is 5.34. The number of pyridine rings is 1. The van der Waals surface area contributed by atoms with Gasteiger partial charge in [0.25, 0.3) is 0 Å². The zero-order valence-electron chi connectivity index (χ0n) is 15.0. The summed E-state index contributed by atoms with van der Waals surface area (Å²) in [5.41, 5.74) is 3.44. The lowest BCUT2D eigenvalue weighted by molar-refractivity contribution is -0.646. The Balaban J connectivity index is 1.91. The van der Waals surface area contributed by atoms with E-state index in [9.17, 15) is 0 Å². The lowest BCUT2D eigenvalue weighted by Crippen LogP contribution is -2.32. The van der Waals surface area contributed by atoms with E-state index in [4.69, 9.17) is 9.47 Å². The van der Waals surface area contributed by atoms with Crippen LogP contribution in [0.2, 0.25) is 0 Å². The van der Waals surface area contributed by atoms with Crippen molar-refractivity contribution in [1.29, 1.82) is 0 Å². The van der Waals surface area contributed by atoms with Gasteiger partial charge in [0.1, 0.15) is 7.05 Å². The first kappa shape index (κ1) is 17.0. The summed E-state index contributed by atoms with van der Waals surface area (Å²) in [6.45, 7) is 5.20. The summed E-state index contributed by atoms with van der Waals surface area (Å²) in [5, 5.41) is 1.24. The summed E-state index contributed by atoms with van der Waals surface area (Å²) in [5.74, 6) is 1.58. The van der Waals surface area contributed by atoms with Crippen molar-refractivity contribution in [3.8, 4) is 11.5 Å². The number of fused-ring (bicyclic) bond motifs is 1. The molecule has 3 aromatic rings. The largest absolute Gasteiger partial charge is 0.490 e. The molecule has 1 heterocycles. The second-order valence-electron chi connectivity index (χ2n) is 5.78. The molecular weight excluding hydrogens is 310 g/mol. The molecular formula is C22H24NO2+. The zero-order valence-corrected chi connectivity index (χ0v) is 15.0. The SMILES string of the molecule is CCOc1ccc(/C=C\c2ccc3ccccc3[n+]2C)cc1OCC. The fourth-order valence-corrected chi connectivity index (χ4v) is 2.88. The van der Waals surface area contributed by atoms with Gasteiger partial charge in [-0.05, 0) is 49.8 Å². The van der Waals surface area contributed by atoms with Crippen LogP contribution in [0.1, 0.15) is 25.1 Å². The van der Waals surface area contributed by atoms with Crippen LogP contribution in [0.5, 0.6) is 11.5 Å². The van der Waals surface area contributed by atoms with Crippen LogP contribution in [0.15, 0.2) is 54.6 Å². The van der Waals surface area contributed by atoms with E-state index in [1.807, 2.05) is 32.0 Å². The Hall–Kier alpha value is -2.81. The molecule has 3 rings (SSSR count). The average Bonchev–Trinajstić information content (AvgIpc) is 2.64. The molecule has 0 saturated carbocycles. The molecule has 0 atom stereocenters. The van der Waals surface area contributed by atoms with Gasteiger partial charge >= 0.3 is 0 Å². The van der Waals surface area contributed by atoms with Crippen LogP contribution in [0.25, 0.3) is 23.1 Å². The van der Waals surface area contributed by atoms with Gasteiger partial charge in [-0.3, -0.25) is 0 Å². The number of hydrogen-bond donors (Lipinski definition) is 0. The van der Waals surface area contributed by atoms with Crippen LogP contribution in [0.4, 0.5) is 0 Å². The third kappa shape index (κ3) is 3.82. The minimum atomic E-state index is 0.618. The number of aromatic nitrogens is 1. The minimum Gasteiger partial charge on any atom is -0.490 e. The number of ether oxygens (including phenoxy) is 2. The first-order chi connectivity index (χ1) is 12.2. The number of para-hydroxylation sites is 1. The number of hydrogen-bond acceptors (Lipinski definition) is 2. The van der Waals surface area contributed by atoms with Gasteiger partial charge in [-0.25, -0.2) is 0 Å². The van der Waals surface area contributed by atoms with Crippen molar-refractivity contribution in [3.63, 3.8) is 0 Å². The van der Waals surface area contributed by atoms with E-state index in [0.29, 0.717) is 13.2 Å². The molecule has 3 heteroatoms. The Morgan fingerprint density at radius 3 is 2.40 bits per heavy atom. The molecule has 0 saturated heterocycles. The second kappa shape index (κ2) is 7.84. The maximum atomic E-state index is 5.70. The Morgan fingerprint density at radius 2 is 1.60 bits per heavy atom. The maximum Gasteiger partial charge on any atom is 0.212 e. The first-order valence-electron chi connectivity index (χ1n) is 8.68. The Morgan fingerprint density at radius 1 is 0.840 bits per heavy atom. The molecule has 0 aliphatic rings. The highest BCUT2D eigenvalue weighted by Crippen LogP contribution is 2.29. The van der Waals surface area contributed by atoms with E-state index in [0.717, 1.165) is 22.8 Å². The quantitative estimate of drug-likeness (QED) is 0.613. The summed E-state index contributed by atoms with van der Waals surface area (Å²) < 4.78 is 13.5. The Labute approximate surface area is 149 Å². The summed E-state index contributed by atoms with van der Waals surface area (Å²) in [4.78, 5) is 0. The van der Waals surface area contributed by atoms with Crippen molar-refractivity contribution in [3.05, 3.63) is 65.9 Å². The lowest BCUT2D eigenvalue weighted by atomic mass is 10.1. The molecule has 0 bridgehead atoms. The summed E-state index contributed by atoms with van der Waals surface area (Å²) >= 11 is 0. The van der Waals surface area contributed by atoms with Gasteiger partial charge in [-0.1, -0.05) is 18.2 Å². The van der Waals surface area contributed by atoms with Gasteiger partial charge in [0.15, 0.2) is 11.5 Å². The van der Waals surface area contributed by atoms with Crippen molar-refractivity contribution in [2.75, 3.05) is 13.2 Å². The normalized spacial score (nSPS) is 11.2. The predicted molar refractivity (Wildman–Crippen MR) is 103 cm³/mol. The van der Waals surface area contributed by atoms with Crippen LogP contribution in [-0.2, 0) is 7.05 Å². The van der Waals surface area contributed by atoms with E-state index in [1.165, 1.54) is 10.9 Å². The van der Waals surface area contributed by atoms with Crippen molar-refractivity contribution < 1.29 is 14.0 Å². The monoisotopic (exact) mass is 334 g/mol. The average molecular weight is 334 g/mol. The standard InChI is InChI=1S/C22H24NO2/c1-4-24-21-15-11-17(16-22(21)25-5-2)10-13-19-14-12-18-8-6-7-9-20(18)23(19)3/h6-16H,4-5H2,1-3H3/q+1/b13-10-. The highest BCUT2D eigenvalue weighted by molar-refractivity contribution is 5.77. The van der Waals surface area contributed by atoms with E-state index in [2.05, 4.69) is 60.2 Å². The maximum absolute atomic E-state index is 5.70. The fraction of sp³-hybridized carbons (Fsp3) is 0.227. The van der Waals surface area contributed by atoms with Crippen LogP contribution < -0.4 is 14.0 Å². The van der Waals surface area contributed by atoms with E-state index < -0.39 is 0 Å². The van der Waals surface area contributed by atoms with Crippen molar-refractivity contribution in [2.24, 2.45) is 7.05 Å². The molecule has 0 unspecified atom stereocenters. The molecule has 0 aliphatic carbocycles. The number of aryl methyl sites for hydroxylation is 1. The predicted octanol–water partition coefficient (Wildman–Crippen LogP) is 4.63. The van der Waals surface area contributed by atoms with Crippen LogP contribution in [0, 0.1) is 0 Å². The van der Waals surface area contributed by atoms with Crippen molar-refractivity contribution >= 4 is 23.1 Å². The second-order valence-corrected chi connectivity index (χ2v) is 5.78. The molecule has 0 radical (unpaired) electrons. The molecule has 2 aromatic carbocycles. The van der Waals surface area contributed by atoms with Gasteiger partial charge < -0.3 is 9.47 Å². The molecule has 0 N–H and O–H groups in total. The highest BCUT2D eigenvalue weighted by atomic mass is 16.5. The topological polar surface area (TPSA) is 22.3 Å². The summed E-state index contributed by atoms with van der Waals surface area (Å²) in [6, 6.07) is 18.7. The van der Waals surface area contributed by atoms with Gasteiger partial charge in [0.2, 0.25) is 11.2 Å². The molecule has 0 spiro atoms.